The van der Waals surface area contributed by atoms with Gasteiger partial charge in [0.15, 0.2) is 21.9 Å². The zero-order chi connectivity index (χ0) is 18.3. The first-order valence-corrected chi connectivity index (χ1v) is 9.43. The number of anilines is 1. The summed E-state index contributed by atoms with van der Waals surface area (Å²) in [7, 11) is 0. The predicted octanol–water partition coefficient (Wildman–Crippen LogP) is 4.49. The maximum Gasteiger partial charge on any atom is 0.236 e. The summed E-state index contributed by atoms with van der Waals surface area (Å²) in [6.07, 6.45) is 0. The number of amides is 1. The molecule has 0 bridgehead atoms. The molecule has 0 aliphatic heterocycles. The number of thiazole rings is 1. The second kappa shape index (κ2) is 6.65. The molecule has 2 heterocycles. The third kappa shape index (κ3) is 3.40. The molecule has 9 heteroatoms. The van der Waals surface area contributed by atoms with Crippen molar-refractivity contribution >= 4 is 55.4 Å². The van der Waals surface area contributed by atoms with Crippen LogP contribution in [0.2, 0.25) is 0 Å². The highest BCUT2D eigenvalue weighted by Gasteiger charge is 2.12. The first-order chi connectivity index (χ1) is 12.5. The summed E-state index contributed by atoms with van der Waals surface area (Å²) in [6.45, 7) is 2.00. The van der Waals surface area contributed by atoms with E-state index in [1.807, 2.05) is 25.1 Å². The maximum absolute atomic E-state index is 13.2. The van der Waals surface area contributed by atoms with Crippen LogP contribution in [-0.4, -0.2) is 26.6 Å². The summed E-state index contributed by atoms with van der Waals surface area (Å²) in [5.41, 5.74) is 2.67. The minimum atomic E-state index is -0.954. The van der Waals surface area contributed by atoms with Crippen molar-refractivity contribution in [2.75, 3.05) is 11.1 Å². The molecule has 2 N–H and O–H groups in total. The van der Waals surface area contributed by atoms with Crippen molar-refractivity contribution in [3.63, 3.8) is 0 Å². The number of nitrogens with one attached hydrogen (secondary N) is 2. The molecule has 0 atom stereocenters. The van der Waals surface area contributed by atoms with Gasteiger partial charge < -0.3 is 10.3 Å². The molecule has 26 heavy (non-hydrogen) atoms. The van der Waals surface area contributed by atoms with E-state index in [2.05, 4.69) is 20.3 Å². The van der Waals surface area contributed by atoms with E-state index >= 15 is 0 Å². The zero-order valence-electron chi connectivity index (χ0n) is 13.5. The van der Waals surface area contributed by atoms with Gasteiger partial charge in [0.05, 0.1) is 27.0 Å². The number of fused-ring (bicyclic) bond motifs is 2. The van der Waals surface area contributed by atoms with Gasteiger partial charge in [-0.25, -0.2) is 18.7 Å². The Kier molecular flexibility index (Phi) is 4.33. The number of hydrogen-bond acceptors (Lipinski definition) is 5. The summed E-state index contributed by atoms with van der Waals surface area (Å²) >= 11 is 2.56. The molecular weight excluding hydrogens is 378 g/mol. The average molecular weight is 390 g/mol. The van der Waals surface area contributed by atoms with Crippen LogP contribution in [0.25, 0.3) is 21.3 Å². The van der Waals surface area contributed by atoms with Gasteiger partial charge in [-0.3, -0.25) is 4.79 Å². The molecule has 2 aromatic carbocycles. The minimum absolute atomic E-state index is 0.0970. The highest BCUT2D eigenvalue weighted by atomic mass is 32.2. The Morgan fingerprint density at radius 1 is 1.19 bits per heavy atom. The number of carbonyl (C=O) groups is 1. The van der Waals surface area contributed by atoms with Crippen LogP contribution in [0, 0.1) is 18.6 Å². The quantitative estimate of drug-likeness (QED) is 0.504. The normalized spacial score (nSPS) is 11.3. The molecular formula is C17H12F2N4OS2. The van der Waals surface area contributed by atoms with Crippen LogP contribution in [0.4, 0.5) is 13.9 Å². The minimum Gasteiger partial charge on any atom is -0.333 e. The van der Waals surface area contributed by atoms with E-state index in [1.54, 1.807) is 0 Å². The van der Waals surface area contributed by atoms with Gasteiger partial charge in [-0.15, -0.1) is 0 Å². The van der Waals surface area contributed by atoms with E-state index in [-0.39, 0.29) is 11.7 Å². The predicted molar refractivity (Wildman–Crippen MR) is 99.7 cm³/mol. The number of thioether (sulfide) groups is 1. The summed E-state index contributed by atoms with van der Waals surface area (Å²) < 4.78 is 27.5. The summed E-state index contributed by atoms with van der Waals surface area (Å²) in [5.74, 6) is -2.03. The van der Waals surface area contributed by atoms with Crippen molar-refractivity contribution in [2.45, 2.75) is 12.1 Å². The van der Waals surface area contributed by atoms with Crippen LogP contribution in [0.15, 0.2) is 35.5 Å². The van der Waals surface area contributed by atoms with Crippen LogP contribution in [0.5, 0.6) is 0 Å². The molecule has 2 aromatic heterocycles. The lowest BCUT2D eigenvalue weighted by atomic mass is 10.2. The molecule has 0 fully saturated rings. The van der Waals surface area contributed by atoms with Crippen LogP contribution in [0.3, 0.4) is 0 Å². The van der Waals surface area contributed by atoms with Crippen molar-refractivity contribution in [1.82, 2.24) is 15.0 Å². The number of hydrogen-bond donors (Lipinski definition) is 2. The number of aryl methyl sites for hydroxylation is 1. The highest BCUT2D eigenvalue weighted by Crippen LogP contribution is 2.27. The second-order valence-electron chi connectivity index (χ2n) is 5.65. The Hall–Kier alpha value is -2.52. The standard InChI is InChI=1S/C17H12F2N4OS2/c1-8-2-3-11-14(4-8)26-17(20-11)23-15(24)7-25-16-21-12-5-9(18)10(19)6-13(12)22-16/h2-6H,7H2,1H3,(H,21,22)(H,20,23,24). The van der Waals surface area contributed by atoms with Gasteiger partial charge in [0.1, 0.15) is 0 Å². The molecule has 0 aliphatic carbocycles. The van der Waals surface area contributed by atoms with E-state index in [1.165, 1.54) is 11.3 Å². The van der Waals surface area contributed by atoms with E-state index in [0.29, 0.717) is 21.3 Å². The molecule has 1 amide bonds. The van der Waals surface area contributed by atoms with Gasteiger partial charge in [-0.1, -0.05) is 29.2 Å². The Bertz CT molecular complexity index is 1100. The first-order valence-electron chi connectivity index (χ1n) is 7.62. The molecule has 4 aromatic rings. The van der Waals surface area contributed by atoms with Gasteiger partial charge >= 0.3 is 0 Å². The van der Waals surface area contributed by atoms with Crippen LogP contribution in [0.1, 0.15) is 5.56 Å². The largest absolute Gasteiger partial charge is 0.333 e. The van der Waals surface area contributed by atoms with E-state index < -0.39 is 11.6 Å². The SMILES string of the molecule is Cc1ccc2nc(NC(=O)CSc3nc4cc(F)c(F)cc4[nH]3)sc2c1. The Balaban J connectivity index is 1.43. The Labute approximate surface area is 154 Å². The second-order valence-corrected chi connectivity index (χ2v) is 7.65. The van der Waals surface area contributed by atoms with Crippen molar-refractivity contribution in [3.05, 3.63) is 47.5 Å². The van der Waals surface area contributed by atoms with Gasteiger partial charge in [0.25, 0.3) is 0 Å². The summed E-state index contributed by atoms with van der Waals surface area (Å²) in [4.78, 5) is 23.5. The first kappa shape index (κ1) is 16.9. The van der Waals surface area contributed by atoms with E-state index in [0.717, 1.165) is 39.7 Å². The van der Waals surface area contributed by atoms with Gasteiger partial charge in [-0.05, 0) is 24.6 Å². The van der Waals surface area contributed by atoms with Crippen molar-refractivity contribution in [2.24, 2.45) is 0 Å². The lowest BCUT2D eigenvalue weighted by Gasteiger charge is -1.99. The van der Waals surface area contributed by atoms with Crippen LogP contribution < -0.4 is 5.32 Å². The third-order valence-corrected chi connectivity index (χ3v) is 5.44. The number of rotatable bonds is 4. The number of aromatic amines is 1. The van der Waals surface area contributed by atoms with E-state index in [4.69, 9.17) is 0 Å². The third-order valence-electron chi connectivity index (χ3n) is 3.63. The number of H-pyrrole nitrogens is 1. The Morgan fingerprint density at radius 2 is 2.00 bits per heavy atom. The fraction of sp³-hybridized carbons (Fsp3) is 0.118. The smallest absolute Gasteiger partial charge is 0.236 e. The number of nitrogens with zero attached hydrogens (tertiary/aromatic N) is 2. The van der Waals surface area contributed by atoms with Gasteiger partial charge in [0.2, 0.25) is 5.91 Å². The topological polar surface area (TPSA) is 70.7 Å². The number of aromatic nitrogens is 3. The van der Waals surface area contributed by atoms with Crippen LogP contribution >= 0.6 is 23.1 Å². The number of carbonyl (C=O) groups excluding carboxylic acids is 1. The summed E-state index contributed by atoms with van der Waals surface area (Å²) in [5, 5.41) is 3.71. The van der Waals surface area contributed by atoms with Gasteiger partial charge in [0, 0.05) is 12.1 Å². The molecule has 0 spiro atoms. The Morgan fingerprint density at radius 3 is 2.85 bits per heavy atom. The molecule has 132 valence electrons. The van der Waals surface area contributed by atoms with Crippen molar-refractivity contribution < 1.29 is 13.6 Å². The summed E-state index contributed by atoms with van der Waals surface area (Å²) in [6, 6.07) is 7.97. The average Bonchev–Trinajstić information content (AvgIpc) is 3.15. The monoisotopic (exact) mass is 390 g/mol. The molecule has 5 nitrogen and oxygen atoms in total. The molecule has 0 saturated heterocycles. The maximum atomic E-state index is 13.2. The molecule has 0 saturated carbocycles. The van der Waals surface area contributed by atoms with Crippen molar-refractivity contribution in [1.29, 1.82) is 0 Å². The fourth-order valence-corrected chi connectivity index (χ4v) is 4.09. The molecule has 0 radical (unpaired) electrons. The highest BCUT2D eigenvalue weighted by molar-refractivity contribution is 7.99. The van der Waals surface area contributed by atoms with Gasteiger partial charge in [-0.2, -0.15) is 0 Å². The lowest BCUT2D eigenvalue weighted by Crippen LogP contribution is -2.13. The van der Waals surface area contributed by atoms with Crippen LogP contribution in [-0.2, 0) is 4.79 Å². The number of imidazole rings is 1. The number of halogens is 2. The molecule has 0 aliphatic rings. The zero-order valence-corrected chi connectivity index (χ0v) is 15.1. The lowest BCUT2D eigenvalue weighted by molar-refractivity contribution is -0.113. The fourth-order valence-electron chi connectivity index (χ4n) is 2.42. The van der Waals surface area contributed by atoms with Crippen molar-refractivity contribution in [3.8, 4) is 0 Å². The number of benzene rings is 2. The molecule has 4 rings (SSSR count). The van der Waals surface area contributed by atoms with E-state index in [9.17, 15) is 13.6 Å². The molecule has 0 unspecified atom stereocenters.